The molecule has 4 rings (SSSR count). The van der Waals surface area contributed by atoms with Crippen LogP contribution in [0.25, 0.3) is 11.0 Å². The van der Waals surface area contributed by atoms with Gasteiger partial charge in [-0.05, 0) is 30.7 Å². The monoisotopic (exact) mass is 424 g/mol. The summed E-state index contributed by atoms with van der Waals surface area (Å²) in [7, 11) is 1.35. The summed E-state index contributed by atoms with van der Waals surface area (Å²) >= 11 is 18.8. The molecule has 1 unspecified atom stereocenters. The van der Waals surface area contributed by atoms with Gasteiger partial charge in [-0.25, -0.2) is 9.78 Å². The number of hydrogen-bond donors (Lipinski definition) is 0. The molecule has 0 N–H and O–H groups in total. The molecular formula is C19H15Cl3N2O3. The minimum atomic E-state index is -0.494. The summed E-state index contributed by atoms with van der Waals surface area (Å²) in [6.07, 6.45) is 0.263. The van der Waals surface area contributed by atoms with Crippen molar-refractivity contribution in [2.75, 3.05) is 13.7 Å². The van der Waals surface area contributed by atoms with Crippen LogP contribution in [0.1, 0.15) is 34.3 Å². The Labute approximate surface area is 170 Å². The number of aromatic nitrogens is 2. The number of ether oxygens (including phenoxy) is 2. The SMILES string of the molecule is COC(=O)c1ccc(Cl)c2nc3n(c12)CCCOC3c1ccc(Cl)cc1Cl. The molecule has 8 heteroatoms. The Morgan fingerprint density at radius 1 is 1.22 bits per heavy atom. The molecule has 0 radical (unpaired) electrons. The lowest BCUT2D eigenvalue weighted by molar-refractivity contribution is 0.0602. The van der Waals surface area contributed by atoms with Crippen LogP contribution in [0.5, 0.6) is 0 Å². The van der Waals surface area contributed by atoms with Crippen LogP contribution in [-0.4, -0.2) is 29.2 Å². The Kier molecular flexibility index (Phi) is 5.03. The van der Waals surface area contributed by atoms with Crippen molar-refractivity contribution in [1.82, 2.24) is 9.55 Å². The predicted molar refractivity (Wildman–Crippen MR) is 105 cm³/mol. The second-order valence-corrected chi connectivity index (χ2v) is 7.43. The lowest BCUT2D eigenvalue weighted by Gasteiger charge is -2.17. The Hall–Kier alpha value is -1.79. The molecule has 0 bridgehead atoms. The van der Waals surface area contributed by atoms with Crippen molar-refractivity contribution in [2.24, 2.45) is 0 Å². The van der Waals surface area contributed by atoms with Gasteiger partial charge in [-0.2, -0.15) is 0 Å². The van der Waals surface area contributed by atoms with Gasteiger partial charge in [-0.15, -0.1) is 0 Å². The summed E-state index contributed by atoms with van der Waals surface area (Å²) in [5.41, 5.74) is 2.36. The van der Waals surface area contributed by atoms with Crippen LogP contribution >= 0.6 is 34.8 Å². The molecule has 0 saturated heterocycles. The minimum Gasteiger partial charge on any atom is -0.465 e. The van der Waals surface area contributed by atoms with Gasteiger partial charge in [-0.3, -0.25) is 0 Å². The maximum Gasteiger partial charge on any atom is 0.340 e. The zero-order valence-corrected chi connectivity index (χ0v) is 16.6. The molecule has 5 nitrogen and oxygen atoms in total. The molecule has 1 aliphatic heterocycles. The lowest BCUT2D eigenvalue weighted by Crippen LogP contribution is -2.11. The highest BCUT2D eigenvalue weighted by Gasteiger charge is 2.29. The van der Waals surface area contributed by atoms with E-state index in [1.165, 1.54) is 7.11 Å². The van der Waals surface area contributed by atoms with Crippen LogP contribution in [0.2, 0.25) is 15.1 Å². The second-order valence-electron chi connectivity index (χ2n) is 6.18. The minimum absolute atomic E-state index is 0.415. The highest BCUT2D eigenvalue weighted by molar-refractivity contribution is 6.36. The van der Waals surface area contributed by atoms with Crippen LogP contribution in [0.4, 0.5) is 0 Å². The van der Waals surface area contributed by atoms with E-state index >= 15 is 0 Å². The predicted octanol–water partition coefficient (Wildman–Crippen LogP) is 5.29. The molecule has 0 spiro atoms. The third-order valence-corrected chi connectivity index (χ3v) is 5.44. The molecule has 0 amide bonds. The molecule has 2 heterocycles. The number of carbonyl (C=O) groups excluding carboxylic acids is 1. The highest BCUT2D eigenvalue weighted by Crippen LogP contribution is 2.38. The number of nitrogens with zero attached hydrogens (tertiary/aromatic N) is 2. The number of benzene rings is 2. The first-order chi connectivity index (χ1) is 13.0. The second kappa shape index (κ2) is 7.32. The molecule has 1 aliphatic rings. The maximum absolute atomic E-state index is 12.3. The van der Waals surface area contributed by atoms with Crippen molar-refractivity contribution >= 4 is 51.8 Å². The van der Waals surface area contributed by atoms with Gasteiger partial charge in [-0.1, -0.05) is 40.9 Å². The number of aryl methyl sites for hydroxylation is 1. The van der Waals surface area contributed by atoms with E-state index in [1.54, 1.807) is 24.3 Å². The summed E-state index contributed by atoms with van der Waals surface area (Å²) in [6, 6.07) is 8.56. The van der Waals surface area contributed by atoms with E-state index in [9.17, 15) is 4.79 Å². The van der Waals surface area contributed by atoms with E-state index in [4.69, 9.17) is 49.3 Å². The van der Waals surface area contributed by atoms with E-state index in [1.807, 2.05) is 10.6 Å². The van der Waals surface area contributed by atoms with Crippen molar-refractivity contribution in [2.45, 2.75) is 19.1 Å². The molecule has 1 aromatic heterocycles. The van der Waals surface area contributed by atoms with Gasteiger partial charge in [0.1, 0.15) is 17.4 Å². The van der Waals surface area contributed by atoms with Crippen LogP contribution in [0.15, 0.2) is 30.3 Å². The fraction of sp³-hybridized carbons (Fsp3) is 0.263. The van der Waals surface area contributed by atoms with Gasteiger partial charge >= 0.3 is 5.97 Å². The van der Waals surface area contributed by atoms with Crippen molar-refractivity contribution in [3.05, 3.63) is 62.4 Å². The number of carbonyl (C=O) groups is 1. The Morgan fingerprint density at radius 3 is 2.78 bits per heavy atom. The number of rotatable bonds is 2. The van der Waals surface area contributed by atoms with Gasteiger partial charge in [0, 0.05) is 28.8 Å². The Morgan fingerprint density at radius 2 is 2.04 bits per heavy atom. The van der Waals surface area contributed by atoms with Crippen LogP contribution in [0.3, 0.4) is 0 Å². The first-order valence-electron chi connectivity index (χ1n) is 8.34. The van der Waals surface area contributed by atoms with Crippen LogP contribution < -0.4 is 0 Å². The van der Waals surface area contributed by atoms with Gasteiger partial charge < -0.3 is 14.0 Å². The Balaban J connectivity index is 1.98. The molecule has 0 aliphatic carbocycles. The first-order valence-corrected chi connectivity index (χ1v) is 9.48. The van der Waals surface area contributed by atoms with Crippen molar-refractivity contribution in [3.63, 3.8) is 0 Å². The summed E-state index contributed by atoms with van der Waals surface area (Å²) in [5, 5.41) is 1.49. The van der Waals surface area contributed by atoms with E-state index in [-0.39, 0.29) is 0 Å². The zero-order valence-electron chi connectivity index (χ0n) is 14.3. The smallest absolute Gasteiger partial charge is 0.340 e. The third-order valence-electron chi connectivity index (χ3n) is 4.57. The number of halogens is 3. The molecule has 2 aromatic carbocycles. The fourth-order valence-corrected chi connectivity index (χ4v) is 4.07. The van der Waals surface area contributed by atoms with Crippen molar-refractivity contribution in [1.29, 1.82) is 0 Å². The number of hydrogen-bond acceptors (Lipinski definition) is 4. The molecule has 0 fully saturated rings. The fourth-order valence-electron chi connectivity index (χ4n) is 3.37. The zero-order chi connectivity index (χ0) is 19.1. The number of imidazole rings is 1. The Bertz CT molecular complexity index is 1050. The lowest BCUT2D eigenvalue weighted by atomic mass is 10.1. The molecule has 0 saturated carbocycles. The van der Waals surface area contributed by atoms with Gasteiger partial charge in [0.05, 0.1) is 23.2 Å². The average molecular weight is 426 g/mol. The summed E-state index contributed by atoms with van der Waals surface area (Å²) < 4.78 is 13.0. The van der Waals surface area contributed by atoms with E-state index < -0.39 is 12.1 Å². The number of esters is 1. The standard InChI is InChI=1S/C19H15Cl3N2O3/c1-26-19(25)12-5-6-13(21)15-16(12)24-7-2-8-27-17(18(24)23-15)11-4-3-10(20)9-14(11)22/h3-6,9,17H,2,7-8H2,1H3. The summed E-state index contributed by atoms with van der Waals surface area (Å²) in [5.74, 6) is 0.204. The average Bonchev–Trinajstić information content (AvgIpc) is 2.91. The highest BCUT2D eigenvalue weighted by atomic mass is 35.5. The topological polar surface area (TPSA) is 53.3 Å². The van der Waals surface area contributed by atoms with E-state index in [0.29, 0.717) is 50.6 Å². The molecular weight excluding hydrogens is 411 g/mol. The van der Waals surface area contributed by atoms with Crippen molar-refractivity contribution < 1.29 is 14.3 Å². The van der Waals surface area contributed by atoms with Gasteiger partial charge in [0.2, 0.25) is 0 Å². The van der Waals surface area contributed by atoms with Crippen LogP contribution in [-0.2, 0) is 16.0 Å². The maximum atomic E-state index is 12.3. The quantitative estimate of drug-likeness (QED) is 0.523. The van der Waals surface area contributed by atoms with Crippen LogP contribution in [0, 0.1) is 0 Å². The number of methoxy groups -OCH3 is 1. The van der Waals surface area contributed by atoms with Gasteiger partial charge in [0.15, 0.2) is 0 Å². The number of fused-ring (bicyclic) bond motifs is 3. The third kappa shape index (κ3) is 3.19. The van der Waals surface area contributed by atoms with Crippen molar-refractivity contribution in [3.8, 4) is 0 Å². The first kappa shape index (κ1) is 18.6. The molecule has 140 valence electrons. The normalized spacial score (nSPS) is 16.8. The van der Waals surface area contributed by atoms with Gasteiger partial charge in [0.25, 0.3) is 0 Å². The largest absolute Gasteiger partial charge is 0.465 e. The van der Waals surface area contributed by atoms with E-state index in [0.717, 1.165) is 12.0 Å². The van der Waals surface area contributed by atoms with E-state index in [2.05, 4.69) is 0 Å². The summed E-state index contributed by atoms with van der Waals surface area (Å²) in [4.78, 5) is 17.0. The summed E-state index contributed by atoms with van der Waals surface area (Å²) in [6.45, 7) is 1.17. The molecule has 3 aromatic rings. The molecule has 27 heavy (non-hydrogen) atoms. The molecule has 1 atom stereocenters.